The molecule has 1 aliphatic heterocycles. The molecule has 0 radical (unpaired) electrons. The van der Waals surface area contributed by atoms with Crippen LogP contribution in [0.4, 0.5) is 19.0 Å². The lowest BCUT2D eigenvalue weighted by molar-refractivity contribution is -0.137. The number of hydrogen-bond donors (Lipinski definition) is 1. The molecule has 0 spiro atoms. The zero-order valence-corrected chi connectivity index (χ0v) is 15.9. The van der Waals surface area contributed by atoms with Crippen molar-refractivity contribution in [1.29, 1.82) is 0 Å². The van der Waals surface area contributed by atoms with Gasteiger partial charge in [0.1, 0.15) is 11.5 Å². The fraction of sp³-hybridized carbons (Fsp3) is 0.412. The number of nitrogens with one attached hydrogen (secondary N) is 1. The SMILES string of the molecule is Cn1cc(S(=O)(=O)CC2(C)COC2)cc1C(=O)Nc1cc(C(F)(F)F)ccn1. The van der Waals surface area contributed by atoms with E-state index in [1.807, 2.05) is 0 Å². The van der Waals surface area contributed by atoms with Crippen molar-refractivity contribution in [2.45, 2.75) is 18.0 Å². The molecule has 0 unspecified atom stereocenters. The van der Waals surface area contributed by atoms with Crippen LogP contribution in [-0.4, -0.2) is 42.8 Å². The second-order valence-electron chi connectivity index (χ2n) is 7.12. The van der Waals surface area contributed by atoms with Gasteiger partial charge in [0.25, 0.3) is 5.91 Å². The van der Waals surface area contributed by atoms with E-state index in [4.69, 9.17) is 4.74 Å². The minimum atomic E-state index is -4.57. The summed E-state index contributed by atoms with van der Waals surface area (Å²) in [5.74, 6) is -1.18. The second kappa shape index (κ2) is 6.89. The molecule has 0 aliphatic carbocycles. The highest BCUT2D eigenvalue weighted by atomic mass is 32.2. The number of aromatic nitrogens is 2. The zero-order valence-electron chi connectivity index (χ0n) is 15.1. The third-order valence-electron chi connectivity index (χ3n) is 4.34. The minimum Gasteiger partial charge on any atom is -0.380 e. The van der Waals surface area contributed by atoms with Crippen molar-refractivity contribution in [3.63, 3.8) is 0 Å². The Morgan fingerprint density at radius 2 is 2.04 bits per heavy atom. The molecule has 0 atom stereocenters. The molecule has 0 aromatic carbocycles. The van der Waals surface area contributed by atoms with E-state index in [9.17, 15) is 26.4 Å². The molecule has 152 valence electrons. The third-order valence-corrected chi connectivity index (χ3v) is 6.36. The lowest BCUT2D eigenvalue weighted by atomic mass is 9.92. The van der Waals surface area contributed by atoms with Gasteiger partial charge in [0, 0.05) is 24.9 Å². The zero-order chi connectivity index (χ0) is 20.7. The van der Waals surface area contributed by atoms with E-state index in [1.165, 1.54) is 23.9 Å². The summed E-state index contributed by atoms with van der Waals surface area (Å²) in [4.78, 5) is 16.1. The van der Waals surface area contributed by atoms with E-state index in [0.717, 1.165) is 12.3 Å². The maximum absolute atomic E-state index is 12.8. The minimum absolute atomic E-state index is 0.0206. The van der Waals surface area contributed by atoms with Crippen LogP contribution in [0, 0.1) is 5.41 Å². The van der Waals surface area contributed by atoms with Crippen molar-refractivity contribution in [3.8, 4) is 0 Å². The number of sulfone groups is 1. The summed E-state index contributed by atoms with van der Waals surface area (Å²) in [5.41, 5.74) is -1.45. The summed E-state index contributed by atoms with van der Waals surface area (Å²) in [7, 11) is -2.18. The van der Waals surface area contributed by atoms with Crippen LogP contribution in [0.25, 0.3) is 0 Å². The molecule has 2 aromatic rings. The molecule has 2 aromatic heterocycles. The van der Waals surface area contributed by atoms with Crippen LogP contribution in [0.5, 0.6) is 0 Å². The molecule has 1 amide bonds. The first-order chi connectivity index (χ1) is 12.9. The lowest BCUT2D eigenvalue weighted by Gasteiger charge is -2.37. The maximum atomic E-state index is 12.8. The fourth-order valence-corrected chi connectivity index (χ4v) is 4.72. The number of halogens is 3. The van der Waals surface area contributed by atoms with Gasteiger partial charge in [-0.1, -0.05) is 6.92 Å². The van der Waals surface area contributed by atoms with Crippen molar-refractivity contribution >= 4 is 21.6 Å². The molecule has 11 heteroatoms. The number of hydrogen-bond acceptors (Lipinski definition) is 5. The topological polar surface area (TPSA) is 90.3 Å². The summed E-state index contributed by atoms with van der Waals surface area (Å²) >= 11 is 0. The van der Waals surface area contributed by atoms with E-state index in [1.54, 1.807) is 6.92 Å². The molecule has 1 saturated heterocycles. The van der Waals surface area contributed by atoms with Crippen LogP contribution >= 0.6 is 0 Å². The number of anilines is 1. The van der Waals surface area contributed by atoms with Gasteiger partial charge in [-0.15, -0.1) is 0 Å². The summed E-state index contributed by atoms with van der Waals surface area (Å²) in [6.07, 6.45) is -2.34. The molecule has 0 bridgehead atoms. The van der Waals surface area contributed by atoms with Crippen molar-refractivity contribution in [3.05, 3.63) is 41.9 Å². The molecular weight excluding hydrogens is 399 g/mol. The van der Waals surface area contributed by atoms with Gasteiger partial charge in [-0.2, -0.15) is 13.2 Å². The predicted octanol–water partition coefficient (Wildman–Crippen LogP) is 2.50. The highest BCUT2D eigenvalue weighted by molar-refractivity contribution is 7.91. The van der Waals surface area contributed by atoms with E-state index in [2.05, 4.69) is 10.3 Å². The first kappa shape index (κ1) is 20.3. The standard InChI is InChI=1S/C17H18F3N3O4S/c1-16(8-27-9-16)10-28(25,26)12-6-13(23(2)7-12)15(24)22-14-5-11(3-4-21-14)17(18,19)20/h3-7H,8-10H2,1-2H3,(H,21,22,24). The van der Waals surface area contributed by atoms with Crippen LogP contribution < -0.4 is 5.32 Å². The number of pyridine rings is 1. The van der Waals surface area contributed by atoms with Gasteiger partial charge < -0.3 is 14.6 Å². The highest BCUT2D eigenvalue weighted by Crippen LogP contribution is 2.32. The number of nitrogens with zero attached hydrogens (tertiary/aromatic N) is 2. The van der Waals surface area contributed by atoms with E-state index < -0.39 is 32.9 Å². The summed E-state index contributed by atoms with van der Waals surface area (Å²) in [5, 5.41) is 2.26. The molecule has 1 aliphatic rings. The molecule has 1 fully saturated rings. The fourth-order valence-electron chi connectivity index (χ4n) is 2.86. The van der Waals surface area contributed by atoms with Crippen molar-refractivity contribution in [2.24, 2.45) is 12.5 Å². The highest BCUT2D eigenvalue weighted by Gasteiger charge is 2.39. The van der Waals surface area contributed by atoms with Gasteiger partial charge in [-0.3, -0.25) is 4.79 Å². The summed E-state index contributed by atoms with van der Waals surface area (Å²) < 4.78 is 69.9. The predicted molar refractivity (Wildman–Crippen MR) is 93.6 cm³/mol. The van der Waals surface area contributed by atoms with Crippen LogP contribution in [0.15, 0.2) is 35.5 Å². The Bertz CT molecular complexity index is 1010. The largest absolute Gasteiger partial charge is 0.416 e. The first-order valence-electron chi connectivity index (χ1n) is 8.21. The Balaban J connectivity index is 1.80. The molecule has 1 N–H and O–H groups in total. The Labute approximate surface area is 159 Å². The maximum Gasteiger partial charge on any atom is 0.416 e. The smallest absolute Gasteiger partial charge is 0.380 e. The van der Waals surface area contributed by atoms with Crippen LogP contribution in [-0.2, 0) is 27.8 Å². The Kier molecular flexibility index (Phi) is 5.00. The number of amides is 1. The van der Waals surface area contributed by atoms with Crippen molar-refractivity contribution in [2.75, 3.05) is 24.3 Å². The van der Waals surface area contributed by atoms with Crippen LogP contribution in [0.3, 0.4) is 0 Å². The van der Waals surface area contributed by atoms with E-state index in [0.29, 0.717) is 19.3 Å². The summed E-state index contributed by atoms with van der Waals surface area (Å²) in [6.45, 7) is 2.48. The van der Waals surface area contributed by atoms with Gasteiger partial charge in [0.15, 0.2) is 9.84 Å². The Hall–Kier alpha value is -2.40. The summed E-state index contributed by atoms with van der Waals surface area (Å²) in [6, 6.07) is 2.69. The molecule has 28 heavy (non-hydrogen) atoms. The number of ether oxygens (including phenoxy) is 1. The average molecular weight is 417 g/mol. The van der Waals surface area contributed by atoms with Crippen LogP contribution in [0.2, 0.25) is 0 Å². The monoisotopic (exact) mass is 417 g/mol. The van der Waals surface area contributed by atoms with Gasteiger partial charge in [0.05, 0.1) is 29.4 Å². The van der Waals surface area contributed by atoms with Crippen molar-refractivity contribution in [1.82, 2.24) is 9.55 Å². The normalized spacial score (nSPS) is 16.5. The van der Waals surface area contributed by atoms with Gasteiger partial charge in [0.2, 0.25) is 0 Å². The molecular formula is C17H18F3N3O4S. The van der Waals surface area contributed by atoms with Crippen molar-refractivity contribution < 1.29 is 31.1 Å². The molecule has 0 saturated carbocycles. The van der Waals surface area contributed by atoms with Gasteiger partial charge in [-0.25, -0.2) is 13.4 Å². The Morgan fingerprint density at radius 1 is 1.36 bits per heavy atom. The van der Waals surface area contributed by atoms with E-state index >= 15 is 0 Å². The first-order valence-corrected chi connectivity index (χ1v) is 9.86. The van der Waals surface area contributed by atoms with Gasteiger partial charge >= 0.3 is 6.18 Å². The molecule has 7 nitrogen and oxygen atoms in total. The van der Waals surface area contributed by atoms with E-state index in [-0.39, 0.29) is 22.2 Å². The quantitative estimate of drug-likeness (QED) is 0.807. The molecule has 3 rings (SSSR count). The third kappa shape index (κ3) is 4.20. The van der Waals surface area contributed by atoms with Gasteiger partial charge in [-0.05, 0) is 18.2 Å². The number of alkyl halides is 3. The second-order valence-corrected chi connectivity index (χ2v) is 9.11. The molecule has 3 heterocycles. The number of carbonyl (C=O) groups is 1. The Morgan fingerprint density at radius 3 is 2.61 bits per heavy atom. The number of aryl methyl sites for hydroxylation is 1. The average Bonchev–Trinajstić information content (AvgIpc) is 2.95. The van der Waals surface area contributed by atoms with Crippen LogP contribution in [0.1, 0.15) is 23.0 Å². The number of rotatable bonds is 5. The lowest BCUT2D eigenvalue weighted by Crippen LogP contribution is -2.45. The number of carbonyl (C=O) groups excluding carboxylic acids is 1.